The zero-order valence-corrected chi connectivity index (χ0v) is 12.5. The number of benzene rings is 1. The molecule has 1 aliphatic heterocycles. The Morgan fingerprint density at radius 2 is 2.26 bits per heavy atom. The molecule has 1 aliphatic rings. The lowest BCUT2D eigenvalue weighted by Gasteiger charge is -2.25. The largest absolute Gasteiger partial charge is 0.356 e. The smallest absolute Gasteiger partial charge is 0.129 e. The van der Waals surface area contributed by atoms with Gasteiger partial charge in [-0.1, -0.05) is 18.2 Å². The van der Waals surface area contributed by atoms with Crippen LogP contribution in [0.25, 0.3) is 10.9 Å². The molecule has 100 valence electrons. The first-order valence-corrected chi connectivity index (χ1v) is 8.23. The second-order valence-corrected chi connectivity index (χ2v) is 6.34. The molecule has 19 heavy (non-hydrogen) atoms. The minimum absolute atomic E-state index is 0.531. The fourth-order valence-electron chi connectivity index (χ4n) is 2.54. The topological polar surface area (TPSA) is 16.1 Å². The molecule has 1 aromatic heterocycles. The van der Waals surface area contributed by atoms with Crippen LogP contribution in [0.4, 0.5) is 5.82 Å². The first-order valence-electron chi connectivity index (χ1n) is 6.55. The van der Waals surface area contributed by atoms with Crippen LogP contribution < -0.4 is 4.90 Å². The van der Waals surface area contributed by atoms with Crippen molar-refractivity contribution in [2.24, 2.45) is 0 Å². The number of hydrogen-bond donors (Lipinski definition) is 0. The number of para-hydroxylation sites is 1. The van der Waals surface area contributed by atoms with E-state index in [2.05, 4.69) is 30.1 Å². The first kappa shape index (κ1) is 13.1. The Kier molecular flexibility index (Phi) is 3.85. The fraction of sp³-hybridized carbons (Fsp3) is 0.400. The summed E-state index contributed by atoms with van der Waals surface area (Å²) in [6.07, 6.45) is 1.24. The van der Waals surface area contributed by atoms with Crippen LogP contribution in [-0.4, -0.2) is 29.6 Å². The van der Waals surface area contributed by atoms with E-state index in [9.17, 15) is 0 Å². The van der Waals surface area contributed by atoms with Crippen molar-refractivity contribution in [2.45, 2.75) is 18.3 Å². The quantitative estimate of drug-likeness (QED) is 0.798. The van der Waals surface area contributed by atoms with Gasteiger partial charge in [0.15, 0.2) is 0 Å². The minimum Gasteiger partial charge on any atom is -0.356 e. The van der Waals surface area contributed by atoms with Crippen LogP contribution in [0.5, 0.6) is 0 Å². The Balaban J connectivity index is 2.03. The van der Waals surface area contributed by atoms with Crippen molar-refractivity contribution >= 4 is 40.1 Å². The fourth-order valence-corrected chi connectivity index (χ4v) is 4.03. The van der Waals surface area contributed by atoms with E-state index < -0.39 is 0 Å². The van der Waals surface area contributed by atoms with E-state index in [1.54, 1.807) is 0 Å². The van der Waals surface area contributed by atoms with Gasteiger partial charge in [-0.2, -0.15) is 11.8 Å². The van der Waals surface area contributed by atoms with Gasteiger partial charge >= 0.3 is 0 Å². The monoisotopic (exact) mass is 292 g/mol. The van der Waals surface area contributed by atoms with Crippen molar-refractivity contribution < 1.29 is 0 Å². The Bertz CT molecular complexity index is 581. The second kappa shape index (κ2) is 5.59. The van der Waals surface area contributed by atoms with E-state index in [0.717, 1.165) is 16.7 Å². The van der Waals surface area contributed by atoms with Crippen LogP contribution >= 0.6 is 23.4 Å². The molecule has 2 heterocycles. The highest BCUT2D eigenvalue weighted by Gasteiger charge is 2.21. The van der Waals surface area contributed by atoms with Gasteiger partial charge in [-0.15, -0.1) is 11.6 Å². The van der Waals surface area contributed by atoms with Crippen LogP contribution in [0, 0.1) is 0 Å². The number of anilines is 1. The Hall–Kier alpha value is -0.930. The molecule has 1 saturated heterocycles. The van der Waals surface area contributed by atoms with Crippen LogP contribution in [0.1, 0.15) is 12.0 Å². The summed E-state index contributed by atoms with van der Waals surface area (Å²) < 4.78 is 0. The number of nitrogens with zero attached hydrogens (tertiary/aromatic N) is 2. The predicted octanol–water partition coefficient (Wildman–Crippen LogP) is 3.92. The van der Waals surface area contributed by atoms with Crippen molar-refractivity contribution in [2.75, 3.05) is 23.5 Å². The molecule has 1 fully saturated rings. The van der Waals surface area contributed by atoms with Gasteiger partial charge in [0.2, 0.25) is 0 Å². The zero-order valence-electron chi connectivity index (χ0n) is 11.0. The molecule has 1 unspecified atom stereocenters. The summed E-state index contributed by atoms with van der Waals surface area (Å²) in [6.45, 7) is 0. The lowest BCUT2D eigenvalue weighted by atomic mass is 10.1. The molecule has 0 saturated carbocycles. The van der Waals surface area contributed by atoms with Crippen LogP contribution in [0.15, 0.2) is 30.3 Å². The summed E-state index contributed by atoms with van der Waals surface area (Å²) in [5, 5.41) is 1.16. The summed E-state index contributed by atoms with van der Waals surface area (Å²) in [4.78, 5) is 7.09. The van der Waals surface area contributed by atoms with Crippen molar-refractivity contribution in [3.05, 3.63) is 35.9 Å². The van der Waals surface area contributed by atoms with E-state index in [0.29, 0.717) is 11.9 Å². The maximum atomic E-state index is 6.09. The molecule has 0 N–H and O–H groups in total. The minimum atomic E-state index is 0.531. The van der Waals surface area contributed by atoms with Gasteiger partial charge in [-0.05, 0) is 29.9 Å². The van der Waals surface area contributed by atoms with Crippen LogP contribution in [-0.2, 0) is 5.88 Å². The molecule has 0 aliphatic carbocycles. The van der Waals surface area contributed by atoms with Crippen molar-refractivity contribution in [1.82, 2.24) is 4.98 Å². The Morgan fingerprint density at radius 1 is 1.42 bits per heavy atom. The molecule has 1 aromatic carbocycles. The van der Waals surface area contributed by atoms with Gasteiger partial charge in [0.1, 0.15) is 5.82 Å². The number of fused-ring (bicyclic) bond motifs is 1. The molecule has 1 atom stereocenters. The van der Waals surface area contributed by atoms with E-state index in [-0.39, 0.29) is 0 Å². The van der Waals surface area contributed by atoms with Gasteiger partial charge in [-0.3, -0.25) is 0 Å². The third kappa shape index (κ3) is 2.54. The summed E-state index contributed by atoms with van der Waals surface area (Å²) in [6, 6.07) is 11.0. The van der Waals surface area contributed by atoms with E-state index in [4.69, 9.17) is 16.6 Å². The van der Waals surface area contributed by atoms with Crippen LogP contribution in [0.2, 0.25) is 0 Å². The molecule has 0 amide bonds. The number of pyridine rings is 1. The van der Waals surface area contributed by atoms with Gasteiger partial charge in [0, 0.05) is 30.1 Å². The summed E-state index contributed by atoms with van der Waals surface area (Å²) >= 11 is 8.12. The van der Waals surface area contributed by atoms with Gasteiger partial charge in [0.25, 0.3) is 0 Å². The highest BCUT2D eigenvalue weighted by atomic mass is 35.5. The number of aromatic nitrogens is 1. The molecular formula is C15H17ClN2S. The number of rotatable bonds is 3. The third-order valence-electron chi connectivity index (χ3n) is 3.75. The molecule has 2 aromatic rings. The summed E-state index contributed by atoms with van der Waals surface area (Å²) in [7, 11) is 2.14. The summed E-state index contributed by atoms with van der Waals surface area (Å²) in [5.41, 5.74) is 2.20. The van der Waals surface area contributed by atoms with Gasteiger partial charge in [0.05, 0.1) is 5.52 Å². The predicted molar refractivity (Wildman–Crippen MR) is 85.4 cm³/mol. The number of halogens is 1. The second-order valence-electron chi connectivity index (χ2n) is 4.92. The number of alkyl halides is 1. The zero-order chi connectivity index (χ0) is 13.2. The Labute approximate surface area is 123 Å². The average molecular weight is 293 g/mol. The maximum Gasteiger partial charge on any atom is 0.129 e. The Morgan fingerprint density at radius 3 is 3.00 bits per heavy atom. The lowest BCUT2D eigenvalue weighted by molar-refractivity contribution is 0.693. The van der Waals surface area contributed by atoms with Gasteiger partial charge in [-0.25, -0.2) is 4.98 Å². The molecule has 0 spiro atoms. The third-order valence-corrected chi connectivity index (χ3v) is 5.18. The van der Waals surface area contributed by atoms with Crippen LogP contribution in [0.3, 0.4) is 0 Å². The van der Waals surface area contributed by atoms with E-state index in [1.807, 2.05) is 23.9 Å². The number of thioether (sulfide) groups is 1. The first-order chi connectivity index (χ1) is 9.29. The lowest BCUT2D eigenvalue weighted by Crippen LogP contribution is -2.32. The number of hydrogen-bond acceptors (Lipinski definition) is 3. The molecule has 0 radical (unpaired) electrons. The van der Waals surface area contributed by atoms with E-state index in [1.165, 1.54) is 23.5 Å². The normalized spacial score (nSPS) is 18.9. The average Bonchev–Trinajstić information content (AvgIpc) is 2.99. The molecular weight excluding hydrogens is 276 g/mol. The summed E-state index contributed by atoms with van der Waals surface area (Å²) in [5.74, 6) is 4.02. The standard InChI is InChI=1S/C15H17ClN2S/c1-18(12-6-7-19-10-12)15-8-11(9-16)13-4-2-3-5-14(13)17-15/h2-5,8,12H,6-7,9-10H2,1H3. The van der Waals surface area contributed by atoms with Crippen molar-refractivity contribution in [3.63, 3.8) is 0 Å². The molecule has 4 heteroatoms. The van der Waals surface area contributed by atoms with Crippen molar-refractivity contribution in [1.29, 1.82) is 0 Å². The highest BCUT2D eigenvalue weighted by Crippen LogP contribution is 2.28. The van der Waals surface area contributed by atoms with Crippen molar-refractivity contribution in [3.8, 4) is 0 Å². The molecule has 0 bridgehead atoms. The molecule has 3 rings (SSSR count). The highest BCUT2D eigenvalue weighted by molar-refractivity contribution is 7.99. The maximum absolute atomic E-state index is 6.09. The van der Waals surface area contributed by atoms with Gasteiger partial charge < -0.3 is 4.90 Å². The SMILES string of the molecule is CN(c1cc(CCl)c2ccccc2n1)C1CCSC1. The molecule has 2 nitrogen and oxygen atoms in total. The van der Waals surface area contributed by atoms with E-state index >= 15 is 0 Å².